The minimum Gasteiger partial charge on any atom is -0.467 e. The Hall–Kier alpha value is -3.75. The molecule has 0 fully saturated rings. The van der Waals surface area contributed by atoms with E-state index in [-0.39, 0.29) is 12.3 Å². The molecule has 0 radical (unpaired) electrons. The normalized spacial score (nSPS) is 11.9. The third-order valence-electron chi connectivity index (χ3n) is 5.73. The first-order valence-corrected chi connectivity index (χ1v) is 10.9. The van der Waals surface area contributed by atoms with Crippen molar-refractivity contribution in [1.82, 2.24) is 10.3 Å². The van der Waals surface area contributed by atoms with E-state index in [0.29, 0.717) is 16.6 Å². The molecule has 8 heteroatoms. The fraction of sp³-hybridized carbons (Fsp3) is 0.192. The molecule has 34 heavy (non-hydrogen) atoms. The number of ether oxygens (including phenoxy) is 1. The average molecular weight is 456 g/mol. The van der Waals surface area contributed by atoms with Crippen LogP contribution in [0, 0.1) is 0 Å². The molecule has 0 bridgehead atoms. The minimum absolute atomic E-state index is 0.268. The van der Waals surface area contributed by atoms with Gasteiger partial charge < -0.3 is 19.4 Å². The van der Waals surface area contributed by atoms with Crippen LogP contribution in [0.15, 0.2) is 72.8 Å². The SMILES string of the molecule is COB(OC)c1ccc(C[C@H](NC(=O)c2c3ccccc3nc3ccccc23)C(=O)OC)cc1. The van der Waals surface area contributed by atoms with E-state index in [2.05, 4.69) is 10.3 Å². The molecular weight excluding hydrogens is 431 g/mol. The third-order valence-corrected chi connectivity index (χ3v) is 5.73. The smallest absolute Gasteiger partial charge is 0.467 e. The highest BCUT2D eigenvalue weighted by molar-refractivity contribution is 6.61. The van der Waals surface area contributed by atoms with Crippen molar-refractivity contribution in [2.75, 3.05) is 21.3 Å². The molecule has 1 aromatic heterocycles. The quantitative estimate of drug-likeness (QED) is 0.249. The van der Waals surface area contributed by atoms with Crippen LogP contribution in [0.1, 0.15) is 15.9 Å². The lowest BCUT2D eigenvalue weighted by Crippen LogP contribution is -2.43. The lowest BCUT2D eigenvalue weighted by Gasteiger charge is -2.18. The standard InChI is InChI=1S/C26H25BN2O5/c1-32-26(31)23(16-17-12-14-18(15-13-17)27(33-2)34-3)29-25(30)24-19-8-4-6-10-21(19)28-22-11-7-5-9-20(22)24/h4-15,23H,16H2,1-3H3,(H,29,30)/t23-/m0/s1. The largest absolute Gasteiger partial charge is 0.493 e. The number of methoxy groups -OCH3 is 1. The van der Waals surface area contributed by atoms with Gasteiger partial charge in [-0.25, -0.2) is 9.78 Å². The molecule has 4 rings (SSSR count). The maximum absolute atomic E-state index is 13.5. The summed E-state index contributed by atoms with van der Waals surface area (Å²) in [5.74, 6) is -0.882. The Morgan fingerprint density at radius 1 is 0.853 bits per heavy atom. The van der Waals surface area contributed by atoms with Crippen molar-refractivity contribution in [2.24, 2.45) is 0 Å². The summed E-state index contributed by atoms with van der Waals surface area (Å²) in [4.78, 5) is 30.8. The third kappa shape index (κ3) is 4.78. The summed E-state index contributed by atoms with van der Waals surface area (Å²) in [6.07, 6.45) is 0.268. The number of para-hydroxylation sites is 2. The van der Waals surface area contributed by atoms with Crippen molar-refractivity contribution in [2.45, 2.75) is 12.5 Å². The van der Waals surface area contributed by atoms with Gasteiger partial charge in [-0.05, 0) is 23.2 Å². The highest BCUT2D eigenvalue weighted by Gasteiger charge is 2.25. The predicted molar refractivity (Wildman–Crippen MR) is 132 cm³/mol. The van der Waals surface area contributed by atoms with Crippen LogP contribution < -0.4 is 10.8 Å². The molecule has 0 saturated heterocycles. The molecule has 7 nitrogen and oxygen atoms in total. The van der Waals surface area contributed by atoms with Crippen LogP contribution in [0.4, 0.5) is 0 Å². The second-order valence-corrected chi connectivity index (χ2v) is 7.82. The van der Waals surface area contributed by atoms with Gasteiger partial charge in [-0.2, -0.15) is 0 Å². The number of amides is 1. The fourth-order valence-electron chi connectivity index (χ4n) is 4.07. The maximum Gasteiger partial charge on any atom is 0.493 e. The molecule has 1 amide bonds. The zero-order valence-corrected chi connectivity index (χ0v) is 19.3. The Balaban J connectivity index is 1.65. The van der Waals surface area contributed by atoms with Gasteiger partial charge in [-0.15, -0.1) is 0 Å². The van der Waals surface area contributed by atoms with Crippen LogP contribution in [0.5, 0.6) is 0 Å². The average Bonchev–Trinajstić information content (AvgIpc) is 2.87. The Kier molecular flexibility index (Phi) is 7.20. The van der Waals surface area contributed by atoms with Gasteiger partial charge in [0.15, 0.2) is 0 Å². The number of rotatable bonds is 8. The van der Waals surface area contributed by atoms with Crippen molar-refractivity contribution < 1.29 is 23.6 Å². The number of nitrogens with zero attached hydrogens (tertiary/aromatic N) is 1. The number of esters is 1. The molecule has 172 valence electrons. The Morgan fingerprint density at radius 3 is 1.94 bits per heavy atom. The van der Waals surface area contributed by atoms with Crippen molar-refractivity contribution in [1.29, 1.82) is 0 Å². The molecule has 4 aromatic rings. The zero-order chi connectivity index (χ0) is 24.1. The lowest BCUT2D eigenvalue weighted by molar-refractivity contribution is -0.142. The molecule has 0 aliphatic carbocycles. The van der Waals surface area contributed by atoms with E-state index in [9.17, 15) is 9.59 Å². The van der Waals surface area contributed by atoms with Gasteiger partial charge in [0.05, 0.1) is 23.7 Å². The topological polar surface area (TPSA) is 86.8 Å². The van der Waals surface area contributed by atoms with Gasteiger partial charge in [0.2, 0.25) is 0 Å². The summed E-state index contributed by atoms with van der Waals surface area (Å²) < 4.78 is 15.5. The Labute approximate surface area is 198 Å². The molecule has 0 aliphatic rings. The number of nitrogens with one attached hydrogen (secondary N) is 1. The lowest BCUT2D eigenvalue weighted by atomic mass is 9.78. The zero-order valence-electron chi connectivity index (χ0n) is 19.3. The van der Waals surface area contributed by atoms with Crippen LogP contribution in [0.3, 0.4) is 0 Å². The van der Waals surface area contributed by atoms with Crippen LogP contribution in [0.2, 0.25) is 0 Å². The summed E-state index contributed by atoms with van der Waals surface area (Å²) in [5.41, 5.74) is 3.61. The summed E-state index contributed by atoms with van der Waals surface area (Å²) in [7, 11) is 3.97. The van der Waals surface area contributed by atoms with E-state index in [0.717, 1.165) is 21.8 Å². The summed E-state index contributed by atoms with van der Waals surface area (Å²) in [6.45, 7) is 0. The van der Waals surface area contributed by atoms with Crippen molar-refractivity contribution in [3.63, 3.8) is 0 Å². The van der Waals surface area contributed by atoms with E-state index in [4.69, 9.17) is 14.0 Å². The summed E-state index contributed by atoms with van der Waals surface area (Å²) in [6, 6.07) is 21.6. The Morgan fingerprint density at radius 2 is 1.41 bits per heavy atom. The number of carbonyl (C=O) groups excluding carboxylic acids is 2. The van der Waals surface area contributed by atoms with E-state index < -0.39 is 19.1 Å². The number of aromatic nitrogens is 1. The van der Waals surface area contributed by atoms with E-state index in [1.807, 2.05) is 72.8 Å². The van der Waals surface area contributed by atoms with Gasteiger partial charge in [0.25, 0.3) is 5.91 Å². The molecule has 1 atom stereocenters. The fourth-order valence-corrected chi connectivity index (χ4v) is 4.07. The minimum atomic E-state index is -0.866. The number of fused-ring (bicyclic) bond motifs is 2. The van der Waals surface area contributed by atoms with Crippen molar-refractivity contribution >= 4 is 46.3 Å². The first kappa shape index (κ1) is 23.4. The first-order chi connectivity index (χ1) is 16.5. The van der Waals surface area contributed by atoms with Crippen molar-refractivity contribution in [3.05, 3.63) is 83.9 Å². The van der Waals surface area contributed by atoms with E-state index in [1.54, 1.807) is 14.2 Å². The Bertz CT molecular complexity index is 1270. The van der Waals surface area contributed by atoms with Crippen LogP contribution in [0.25, 0.3) is 21.8 Å². The highest BCUT2D eigenvalue weighted by Crippen LogP contribution is 2.26. The van der Waals surface area contributed by atoms with Gasteiger partial charge >= 0.3 is 13.1 Å². The predicted octanol–water partition coefficient (Wildman–Crippen LogP) is 2.89. The number of hydrogen-bond donors (Lipinski definition) is 1. The molecule has 0 unspecified atom stereocenters. The van der Waals surface area contributed by atoms with Crippen LogP contribution >= 0.6 is 0 Å². The monoisotopic (exact) mass is 456 g/mol. The van der Waals surface area contributed by atoms with Crippen molar-refractivity contribution in [3.8, 4) is 0 Å². The molecular formula is C26H25BN2O5. The number of carbonyl (C=O) groups is 2. The van der Waals surface area contributed by atoms with E-state index in [1.165, 1.54) is 7.11 Å². The maximum atomic E-state index is 13.5. The summed E-state index contributed by atoms with van der Waals surface area (Å²) >= 11 is 0. The first-order valence-electron chi connectivity index (χ1n) is 10.9. The second-order valence-electron chi connectivity index (χ2n) is 7.82. The van der Waals surface area contributed by atoms with Gasteiger partial charge in [0.1, 0.15) is 6.04 Å². The number of benzene rings is 3. The highest BCUT2D eigenvalue weighted by atomic mass is 16.6. The number of pyridine rings is 1. The molecule has 1 heterocycles. The van der Waals surface area contributed by atoms with E-state index >= 15 is 0 Å². The van der Waals surface area contributed by atoms with Gasteiger partial charge in [-0.1, -0.05) is 60.7 Å². The summed E-state index contributed by atoms with van der Waals surface area (Å²) in [5, 5.41) is 4.32. The van der Waals surface area contributed by atoms with Crippen LogP contribution in [-0.2, 0) is 25.3 Å². The molecule has 3 aromatic carbocycles. The molecule has 0 aliphatic heterocycles. The van der Waals surface area contributed by atoms with Gasteiger partial charge in [-0.3, -0.25) is 4.79 Å². The van der Waals surface area contributed by atoms with Gasteiger partial charge in [0, 0.05) is 31.4 Å². The van der Waals surface area contributed by atoms with Crippen LogP contribution in [-0.4, -0.2) is 51.4 Å². The second kappa shape index (κ2) is 10.5. The number of hydrogen-bond acceptors (Lipinski definition) is 6. The molecule has 0 saturated carbocycles. The molecule has 1 N–H and O–H groups in total. The molecule has 0 spiro atoms.